The molecule has 1 aliphatic heterocycles. The van der Waals surface area contributed by atoms with Crippen LogP contribution in [0.4, 0.5) is 11.4 Å². The van der Waals surface area contributed by atoms with E-state index >= 15 is 0 Å². The largest absolute Gasteiger partial charge is 0.382 e. The Labute approximate surface area is 106 Å². The van der Waals surface area contributed by atoms with Gasteiger partial charge in [-0.2, -0.15) is 0 Å². The van der Waals surface area contributed by atoms with Crippen LogP contribution in [-0.2, 0) is 11.2 Å². The number of hydrogen-bond acceptors (Lipinski definition) is 4. The van der Waals surface area contributed by atoms with Gasteiger partial charge in [0.25, 0.3) is 5.69 Å². The Hall–Kier alpha value is -1.62. The van der Waals surface area contributed by atoms with Gasteiger partial charge in [-0.05, 0) is 25.3 Å². The first-order chi connectivity index (χ1) is 8.70. The molecule has 0 radical (unpaired) electrons. The molecule has 0 amide bonds. The van der Waals surface area contributed by atoms with E-state index in [0.29, 0.717) is 12.5 Å². The normalized spacial score (nSPS) is 16.5. The minimum atomic E-state index is -0.312. The second-order valence-electron chi connectivity index (χ2n) is 4.49. The van der Waals surface area contributed by atoms with Crippen LogP contribution in [-0.4, -0.2) is 24.2 Å². The number of ether oxygens (including phenoxy) is 1. The third-order valence-electron chi connectivity index (χ3n) is 3.25. The zero-order valence-corrected chi connectivity index (χ0v) is 10.5. The molecule has 1 N–H and O–H groups in total. The molecule has 0 aliphatic carbocycles. The Bertz CT molecular complexity index is 428. The highest BCUT2D eigenvalue weighted by Gasteiger charge is 2.16. The summed E-state index contributed by atoms with van der Waals surface area (Å²) >= 11 is 0. The van der Waals surface area contributed by atoms with Crippen LogP contribution in [0.1, 0.15) is 25.3 Å². The van der Waals surface area contributed by atoms with Crippen LogP contribution in [0.15, 0.2) is 18.2 Å². The van der Waals surface area contributed by atoms with Gasteiger partial charge in [0.15, 0.2) is 0 Å². The summed E-state index contributed by atoms with van der Waals surface area (Å²) in [4.78, 5) is 10.7. The van der Waals surface area contributed by atoms with Crippen molar-refractivity contribution in [2.45, 2.75) is 32.2 Å². The van der Waals surface area contributed by atoms with E-state index in [1.165, 1.54) is 0 Å². The highest BCUT2D eigenvalue weighted by molar-refractivity contribution is 5.55. The summed E-state index contributed by atoms with van der Waals surface area (Å²) in [7, 11) is 0. The number of nitrogens with one attached hydrogen (secondary N) is 1. The van der Waals surface area contributed by atoms with E-state index in [1.807, 2.05) is 19.1 Å². The van der Waals surface area contributed by atoms with Gasteiger partial charge in [0.05, 0.1) is 4.92 Å². The fraction of sp³-hybridized carbons (Fsp3) is 0.538. The van der Waals surface area contributed by atoms with Gasteiger partial charge >= 0.3 is 0 Å². The zero-order valence-electron chi connectivity index (χ0n) is 10.5. The fourth-order valence-corrected chi connectivity index (χ4v) is 2.20. The molecule has 0 aromatic heterocycles. The Morgan fingerprint density at radius 1 is 1.44 bits per heavy atom. The standard InChI is InChI=1S/C13H18N2O3/c1-2-10-3-4-12(9-13(10)15(16)17)14-11-5-7-18-8-6-11/h3-4,9,11,14H,2,5-8H2,1H3. The van der Waals surface area contributed by atoms with Crippen molar-refractivity contribution in [3.05, 3.63) is 33.9 Å². The number of nitrogens with zero attached hydrogens (tertiary/aromatic N) is 1. The molecule has 5 heteroatoms. The second kappa shape index (κ2) is 5.82. The molecular weight excluding hydrogens is 232 g/mol. The van der Waals surface area contributed by atoms with Crippen molar-refractivity contribution in [3.8, 4) is 0 Å². The van der Waals surface area contributed by atoms with E-state index in [4.69, 9.17) is 4.74 Å². The van der Waals surface area contributed by atoms with E-state index in [9.17, 15) is 10.1 Å². The van der Waals surface area contributed by atoms with Crippen molar-refractivity contribution in [3.63, 3.8) is 0 Å². The molecule has 1 aliphatic rings. The molecule has 1 fully saturated rings. The number of hydrogen-bond donors (Lipinski definition) is 1. The highest BCUT2D eigenvalue weighted by Crippen LogP contribution is 2.25. The van der Waals surface area contributed by atoms with Crippen LogP contribution < -0.4 is 5.32 Å². The van der Waals surface area contributed by atoms with Crippen LogP contribution in [0.5, 0.6) is 0 Å². The van der Waals surface area contributed by atoms with Gasteiger partial charge in [-0.25, -0.2) is 0 Å². The molecule has 98 valence electrons. The maximum absolute atomic E-state index is 11.0. The smallest absolute Gasteiger partial charge is 0.274 e. The van der Waals surface area contributed by atoms with Gasteiger partial charge in [0, 0.05) is 36.6 Å². The molecule has 1 heterocycles. The van der Waals surface area contributed by atoms with Crippen molar-refractivity contribution < 1.29 is 9.66 Å². The molecular formula is C13H18N2O3. The number of nitro benzene ring substituents is 1. The van der Waals surface area contributed by atoms with Gasteiger partial charge in [-0.3, -0.25) is 10.1 Å². The van der Waals surface area contributed by atoms with E-state index < -0.39 is 0 Å². The van der Waals surface area contributed by atoms with Gasteiger partial charge in [-0.1, -0.05) is 13.0 Å². The molecule has 1 aromatic carbocycles. The molecule has 0 spiro atoms. The summed E-state index contributed by atoms with van der Waals surface area (Å²) in [5.41, 5.74) is 1.80. The average molecular weight is 250 g/mol. The second-order valence-corrected chi connectivity index (χ2v) is 4.49. The SMILES string of the molecule is CCc1ccc(NC2CCOCC2)cc1[N+](=O)[O-]. The summed E-state index contributed by atoms with van der Waals surface area (Å²) in [6, 6.07) is 5.74. The lowest BCUT2D eigenvalue weighted by molar-refractivity contribution is -0.385. The molecule has 1 aromatic rings. The van der Waals surface area contributed by atoms with Crippen LogP contribution >= 0.6 is 0 Å². The summed E-state index contributed by atoms with van der Waals surface area (Å²) in [6.45, 7) is 3.44. The lowest BCUT2D eigenvalue weighted by Gasteiger charge is -2.24. The lowest BCUT2D eigenvalue weighted by Crippen LogP contribution is -2.27. The summed E-state index contributed by atoms with van der Waals surface area (Å²) in [6.07, 6.45) is 2.57. The summed E-state index contributed by atoms with van der Waals surface area (Å²) in [5.74, 6) is 0. The first-order valence-corrected chi connectivity index (χ1v) is 6.32. The average Bonchev–Trinajstić information content (AvgIpc) is 2.40. The molecule has 18 heavy (non-hydrogen) atoms. The summed E-state index contributed by atoms with van der Waals surface area (Å²) in [5, 5.41) is 14.3. The van der Waals surface area contributed by atoms with Crippen molar-refractivity contribution in [2.24, 2.45) is 0 Å². The minimum absolute atomic E-state index is 0.203. The number of benzene rings is 1. The van der Waals surface area contributed by atoms with Crippen molar-refractivity contribution >= 4 is 11.4 Å². The summed E-state index contributed by atoms with van der Waals surface area (Å²) < 4.78 is 5.29. The third kappa shape index (κ3) is 2.98. The van der Waals surface area contributed by atoms with Gasteiger partial charge in [0.2, 0.25) is 0 Å². The topological polar surface area (TPSA) is 64.4 Å². The van der Waals surface area contributed by atoms with Gasteiger partial charge in [0.1, 0.15) is 0 Å². The number of rotatable bonds is 4. The number of nitro groups is 1. The molecule has 0 bridgehead atoms. The maximum atomic E-state index is 11.0. The minimum Gasteiger partial charge on any atom is -0.382 e. The predicted octanol–water partition coefficient (Wildman–Crippen LogP) is 2.75. The lowest BCUT2D eigenvalue weighted by atomic mass is 10.1. The predicted molar refractivity (Wildman–Crippen MR) is 69.9 cm³/mol. The van der Waals surface area contributed by atoms with E-state index in [0.717, 1.165) is 37.3 Å². The first-order valence-electron chi connectivity index (χ1n) is 6.32. The number of anilines is 1. The molecule has 0 saturated carbocycles. The van der Waals surface area contributed by atoms with Crippen LogP contribution in [0.2, 0.25) is 0 Å². The molecule has 2 rings (SSSR count). The van der Waals surface area contributed by atoms with Crippen molar-refractivity contribution in [2.75, 3.05) is 18.5 Å². The first kappa shape index (κ1) is 12.8. The van der Waals surface area contributed by atoms with E-state index in [1.54, 1.807) is 6.07 Å². The molecule has 5 nitrogen and oxygen atoms in total. The zero-order chi connectivity index (χ0) is 13.0. The molecule has 0 atom stereocenters. The van der Waals surface area contributed by atoms with Crippen molar-refractivity contribution in [1.82, 2.24) is 0 Å². The monoisotopic (exact) mass is 250 g/mol. The Morgan fingerprint density at radius 3 is 2.78 bits per heavy atom. The van der Waals surface area contributed by atoms with Gasteiger partial charge in [-0.15, -0.1) is 0 Å². The van der Waals surface area contributed by atoms with E-state index in [-0.39, 0.29) is 10.6 Å². The Morgan fingerprint density at radius 2 is 2.17 bits per heavy atom. The van der Waals surface area contributed by atoms with Crippen molar-refractivity contribution in [1.29, 1.82) is 0 Å². The molecule has 1 saturated heterocycles. The molecule has 0 unspecified atom stereocenters. The fourth-order valence-electron chi connectivity index (χ4n) is 2.20. The Balaban J connectivity index is 2.13. The maximum Gasteiger partial charge on any atom is 0.274 e. The third-order valence-corrected chi connectivity index (χ3v) is 3.25. The van der Waals surface area contributed by atoms with E-state index in [2.05, 4.69) is 5.32 Å². The quantitative estimate of drug-likeness (QED) is 0.659. The Kier molecular flexibility index (Phi) is 4.15. The number of aryl methyl sites for hydroxylation is 1. The van der Waals surface area contributed by atoms with Crippen LogP contribution in [0, 0.1) is 10.1 Å². The van der Waals surface area contributed by atoms with Crippen LogP contribution in [0.3, 0.4) is 0 Å². The van der Waals surface area contributed by atoms with Gasteiger partial charge < -0.3 is 10.1 Å². The highest BCUT2D eigenvalue weighted by atomic mass is 16.6. The van der Waals surface area contributed by atoms with Crippen LogP contribution in [0.25, 0.3) is 0 Å².